The standard InChI is InChI=1S/C10H16N4O2/c1-2-5-12-9(11)14-10(15)13-7-8-4-3-6-16-8/h3-4,6H,2,5,7H2,1H3,(H4,11,12,13,14,15). The average molecular weight is 224 g/mol. The molecule has 6 heteroatoms. The van der Waals surface area contributed by atoms with Crippen LogP contribution in [0.4, 0.5) is 4.79 Å². The number of nitrogens with zero attached hydrogens (tertiary/aromatic N) is 1. The molecule has 1 heterocycles. The van der Waals surface area contributed by atoms with Gasteiger partial charge in [0.15, 0.2) is 5.96 Å². The molecule has 0 aliphatic carbocycles. The maximum absolute atomic E-state index is 11.3. The monoisotopic (exact) mass is 224 g/mol. The lowest BCUT2D eigenvalue weighted by Crippen LogP contribution is -2.43. The Morgan fingerprint density at radius 3 is 3.06 bits per heavy atom. The summed E-state index contributed by atoms with van der Waals surface area (Å²) in [6, 6.07) is 3.13. The number of hydrogen-bond donors (Lipinski definition) is 3. The summed E-state index contributed by atoms with van der Waals surface area (Å²) in [4.78, 5) is 15.2. The number of carbonyl (C=O) groups excluding carboxylic acids is 1. The van der Waals surface area contributed by atoms with Crippen molar-refractivity contribution in [1.82, 2.24) is 10.6 Å². The fourth-order valence-corrected chi connectivity index (χ4v) is 1.01. The molecule has 0 aromatic carbocycles. The molecule has 88 valence electrons. The molecule has 0 aliphatic rings. The summed E-state index contributed by atoms with van der Waals surface area (Å²) >= 11 is 0. The number of nitrogens with one attached hydrogen (secondary N) is 2. The van der Waals surface area contributed by atoms with Crippen molar-refractivity contribution in [1.29, 1.82) is 0 Å². The van der Waals surface area contributed by atoms with Crippen LogP contribution in [0, 0.1) is 0 Å². The third-order valence-electron chi connectivity index (χ3n) is 1.75. The number of furan rings is 1. The minimum atomic E-state index is -0.395. The van der Waals surface area contributed by atoms with Crippen molar-refractivity contribution in [2.24, 2.45) is 10.7 Å². The highest BCUT2D eigenvalue weighted by Crippen LogP contribution is 1.97. The van der Waals surface area contributed by atoms with Crippen LogP contribution in [0.5, 0.6) is 0 Å². The average Bonchev–Trinajstić information content (AvgIpc) is 2.76. The lowest BCUT2D eigenvalue weighted by atomic mass is 10.4. The van der Waals surface area contributed by atoms with Gasteiger partial charge in [0.25, 0.3) is 0 Å². The first-order valence-electron chi connectivity index (χ1n) is 5.09. The van der Waals surface area contributed by atoms with Crippen molar-refractivity contribution in [2.75, 3.05) is 6.54 Å². The Morgan fingerprint density at radius 2 is 2.44 bits per heavy atom. The highest BCUT2D eigenvalue weighted by Gasteiger charge is 2.02. The zero-order valence-corrected chi connectivity index (χ0v) is 9.19. The molecule has 0 aliphatic heterocycles. The van der Waals surface area contributed by atoms with Gasteiger partial charge in [-0.1, -0.05) is 6.92 Å². The molecule has 0 unspecified atom stereocenters. The molecule has 0 atom stereocenters. The molecule has 1 rings (SSSR count). The highest BCUT2D eigenvalue weighted by molar-refractivity contribution is 5.95. The molecule has 0 radical (unpaired) electrons. The zero-order valence-electron chi connectivity index (χ0n) is 9.19. The summed E-state index contributed by atoms with van der Waals surface area (Å²) in [6.45, 7) is 2.90. The predicted octanol–water partition coefficient (Wildman–Crippen LogP) is 0.804. The number of amides is 2. The van der Waals surface area contributed by atoms with Crippen molar-refractivity contribution in [3.63, 3.8) is 0 Å². The van der Waals surface area contributed by atoms with Crippen LogP contribution in [0.1, 0.15) is 19.1 Å². The summed E-state index contributed by atoms with van der Waals surface area (Å²) in [5.41, 5.74) is 5.46. The largest absolute Gasteiger partial charge is 0.467 e. The van der Waals surface area contributed by atoms with Crippen molar-refractivity contribution >= 4 is 12.0 Å². The van der Waals surface area contributed by atoms with Crippen LogP contribution in [0.3, 0.4) is 0 Å². The molecular formula is C10H16N4O2. The fourth-order valence-electron chi connectivity index (χ4n) is 1.01. The van der Waals surface area contributed by atoms with Gasteiger partial charge in [-0.3, -0.25) is 10.3 Å². The van der Waals surface area contributed by atoms with Gasteiger partial charge >= 0.3 is 6.03 Å². The quantitative estimate of drug-likeness (QED) is 0.521. The van der Waals surface area contributed by atoms with Crippen LogP contribution >= 0.6 is 0 Å². The van der Waals surface area contributed by atoms with E-state index >= 15 is 0 Å². The maximum Gasteiger partial charge on any atom is 0.321 e. The van der Waals surface area contributed by atoms with Gasteiger partial charge in [0.05, 0.1) is 12.8 Å². The van der Waals surface area contributed by atoms with E-state index in [1.807, 2.05) is 6.92 Å². The molecule has 0 bridgehead atoms. The number of nitrogens with two attached hydrogens (primary N) is 1. The van der Waals surface area contributed by atoms with Crippen LogP contribution in [0.2, 0.25) is 0 Å². The van der Waals surface area contributed by atoms with Gasteiger partial charge in [-0.2, -0.15) is 0 Å². The van der Waals surface area contributed by atoms with Gasteiger partial charge in [0.2, 0.25) is 0 Å². The molecule has 0 saturated carbocycles. The van der Waals surface area contributed by atoms with Gasteiger partial charge in [0, 0.05) is 6.54 Å². The highest BCUT2D eigenvalue weighted by atomic mass is 16.3. The van der Waals surface area contributed by atoms with Crippen LogP contribution in [0.25, 0.3) is 0 Å². The molecule has 16 heavy (non-hydrogen) atoms. The van der Waals surface area contributed by atoms with Gasteiger partial charge < -0.3 is 15.5 Å². The number of rotatable bonds is 4. The normalized spacial score (nSPS) is 11.2. The molecule has 1 aromatic rings. The smallest absolute Gasteiger partial charge is 0.321 e. The summed E-state index contributed by atoms with van der Waals surface area (Å²) < 4.78 is 5.05. The third-order valence-corrected chi connectivity index (χ3v) is 1.75. The van der Waals surface area contributed by atoms with Crippen molar-refractivity contribution in [2.45, 2.75) is 19.9 Å². The van der Waals surface area contributed by atoms with Crippen LogP contribution in [-0.2, 0) is 6.54 Å². The minimum absolute atomic E-state index is 0.124. The Balaban J connectivity index is 2.25. The predicted molar refractivity (Wildman–Crippen MR) is 60.9 cm³/mol. The van der Waals surface area contributed by atoms with Gasteiger partial charge in [-0.05, 0) is 18.6 Å². The van der Waals surface area contributed by atoms with Gasteiger partial charge in [-0.25, -0.2) is 4.79 Å². The Morgan fingerprint density at radius 1 is 1.62 bits per heavy atom. The van der Waals surface area contributed by atoms with Gasteiger partial charge in [0.1, 0.15) is 5.76 Å². The third kappa shape index (κ3) is 4.50. The lowest BCUT2D eigenvalue weighted by molar-refractivity contribution is 0.244. The Bertz CT molecular complexity index is 346. The van der Waals surface area contributed by atoms with E-state index in [2.05, 4.69) is 15.6 Å². The molecular weight excluding hydrogens is 208 g/mol. The fraction of sp³-hybridized carbons (Fsp3) is 0.400. The first-order valence-corrected chi connectivity index (χ1v) is 5.09. The first kappa shape index (κ1) is 12.1. The lowest BCUT2D eigenvalue weighted by Gasteiger charge is -2.05. The topological polar surface area (TPSA) is 92.6 Å². The number of hydrogen-bond acceptors (Lipinski definition) is 3. The van der Waals surface area contributed by atoms with Crippen molar-refractivity contribution in [3.05, 3.63) is 24.2 Å². The van der Waals surface area contributed by atoms with E-state index in [4.69, 9.17) is 10.2 Å². The molecule has 4 N–H and O–H groups in total. The van der Waals surface area contributed by atoms with E-state index in [9.17, 15) is 4.79 Å². The second-order valence-corrected chi connectivity index (χ2v) is 3.15. The second-order valence-electron chi connectivity index (χ2n) is 3.15. The van der Waals surface area contributed by atoms with E-state index in [0.717, 1.165) is 6.42 Å². The van der Waals surface area contributed by atoms with Crippen LogP contribution in [-0.4, -0.2) is 18.5 Å². The first-order chi connectivity index (χ1) is 7.72. The Hall–Kier alpha value is -1.98. The number of carbonyl (C=O) groups is 1. The van der Waals surface area contributed by atoms with Crippen molar-refractivity contribution in [3.8, 4) is 0 Å². The summed E-state index contributed by atoms with van der Waals surface area (Å²) in [5, 5.41) is 5.00. The van der Waals surface area contributed by atoms with E-state index < -0.39 is 6.03 Å². The number of urea groups is 1. The SMILES string of the molecule is CCCN=C(N)NC(=O)NCc1ccco1. The van der Waals surface area contributed by atoms with E-state index in [-0.39, 0.29) is 5.96 Å². The second kappa shape index (κ2) is 6.49. The van der Waals surface area contributed by atoms with Crippen LogP contribution < -0.4 is 16.4 Å². The zero-order chi connectivity index (χ0) is 11.8. The van der Waals surface area contributed by atoms with E-state index in [1.54, 1.807) is 18.4 Å². The Kier molecular flexibility index (Phi) is 4.91. The molecule has 2 amide bonds. The van der Waals surface area contributed by atoms with Crippen molar-refractivity contribution < 1.29 is 9.21 Å². The van der Waals surface area contributed by atoms with E-state index in [0.29, 0.717) is 18.8 Å². The molecule has 0 saturated heterocycles. The molecule has 0 spiro atoms. The number of guanidine groups is 1. The molecule has 1 aromatic heterocycles. The van der Waals surface area contributed by atoms with Crippen LogP contribution in [0.15, 0.2) is 27.8 Å². The van der Waals surface area contributed by atoms with Gasteiger partial charge in [-0.15, -0.1) is 0 Å². The van der Waals surface area contributed by atoms with E-state index in [1.165, 1.54) is 0 Å². The summed E-state index contributed by atoms with van der Waals surface area (Å²) in [6.07, 6.45) is 2.43. The molecule has 6 nitrogen and oxygen atoms in total. The summed E-state index contributed by atoms with van der Waals surface area (Å²) in [7, 11) is 0. The molecule has 0 fully saturated rings. The maximum atomic E-state index is 11.3. The number of aliphatic imine (C=N–C) groups is 1. The summed E-state index contributed by atoms with van der Waals surface area (Å²) in [5.74, 6) is 0.804. The minimum Gasteiger partial charge on any atom is -0.467 e. The Labute approximate surface area is 93.9 Å².